The molecule has 8 heteroatoms. The van der Waals surface area contributed by atoms with Gasteiger partial charge in [-0.15, -0.1) is 8.87 Å². The van der Waals surface area contributed by atoms with E-state index < -0.39 is 17.3 Å². The van der Waals surface area contributed by atoms with Crippen molar-refractivity contribution in [3.05, 3.63) is 77.9 Å². The Morgan fingerprint density at radius 2 is 1.36 bits per heavy atom. The molecule has 142 valence electrons. The molecule has 3 aromatic carbocycles. The Morgan fingerprint density at radius 3 is 1.75 bits per heavy atom. The van der Waals surface area contributed by atoms with Gasteiger partial charge in [0.05, 0.1) is 6.44 Å². The van der Waals surface area contributed by atoms with E-state index in [2.05, 4.69) is 29.5 Å². The average molecular weight is 675 g/mol. The quantitative estimate of drug-likeness (QED) is 0.130. The van der Waals surface area contributed by atoms with Gasteiger partial charge in [-0.05, 0) is 61.0 Å². The fourth-order valence-corrected chi connectivity index (χ4v) is 2.58. The average Bonchev–Trinajstić information content (AvgIpc) is 2.71. The second kappa shape index (κ2) is 13.0. The first-order valence-electron chi connectivity index (χ1n) is 8.30. The number of aryl methyl sites for hydroxylation is 1. The van der Waals surface area contributed by atoms with Gasteiger partial charge in [0.15, 0.2) is 11.6 Å². The molecule has 0 saturated carbocycles. The van der Waals surface area contributed by atoms with E-state index in [0.29, 0.717) is 13.0 Å². The van der Waals surface area contributed by atoms with Gasteiger partial charge >= 0.3 is 0 Å². The summed E-state index contributed by atoms with van der Waals surface area (Å²) in [6, 6.07) is 18.2. The van der Waals surface area contributed by atoms with Gasteiger partial charge in [-0.25, -0.2) is 8.78 Å². The van der Waals surface area contributed by atoms with E-state index in [1.54, 1.807) is 0 Å². The minimum atomic E-state index is -0.759. The van der Waals surface area contributed by atoms with Gasteiger partial charge in [-0.3, -0.25) is 0 Å². The summed E-state index contributed by atoms with van der Waals surface area (Å²) in [6.07, 6.45) is 0. The summed E-state index contributed by atoms with van der Waals surface area (Å²) in [4.78, 5) is 3.42. The van der Waals surface area contributed by atoms with Crippen LogP contribution >= 0.6 is 40.8 Å². The second-order valence-electron chi connectivity index (χ2n) is 5.55. The van der Waals surface area contributed by atoms with Crippen LogP contribution in [0.15, 0.2) is 65.7 Å². The smallest absolute Gasteiger partial charge is 0.153 e. The fraction of sp³-hybridized carbons (Fsp3) is 0.0500. The van der Waals surface area contributed by atoms with Crippen LogP contribution in [-0.4, -0.2) is 6.44 Å². The molecule has 0 amide bonds. The maximum absolute atomic E-state index is 13.9. The van der Waals surface area contributed by atoms with Gasteiger partial charge in [0.1, 0.15) is 5.69 Å². The molecule has 0 aromatic heterocycles. The summed E-state index contributed by atoms with van der Waals surface area (Å²) in [7, 11) is 0.812. The minimum Gasteiger partial charge on any atom is -0.204 e. The van der Waals surface area contributed by atoms with Crippen LogP contribution in [0.2, 0.25) is 0 Å². The van der Waals surface area contributed by atoms with Crippen molar-refractivity contribution in [3.63, 3.8) is 0 Å². The predicted octanol–water partition coefficient (Wildman–Crippen LogP) is 7.64. The van der Waals surface area contributed by atoms with E-state index in [1.807, 2.05) is 60.6 Å². The molecule has 2 atom stereocenters. The van der Waals surface area contributed by atoms with Gasteiger partial charge in [-0.2, -0.15) is 17.2 Å². The Labute approximate surface area is 203 Å². The van der Waals surface area contributed by atoms with Gasteiger partial charge < -0.3 is 0 Å². The normalized spacial score (nSPS) is 10.8. The Hall–Kier alpha value is -0.418. The van der Waals surface area contributed by atoms with Crippen LogP contribution in [0.1, 0.15) is 5.56 Å². The summed E-state index contributed by atoms with van der Waals surface area (Å²) in [6.45, 7) is 2.04. The van der Waals surface area contributed by atoms with Crippen molar-refractivity contribution in [1.82, 2.24) is 0 Å². The van der Waals surface area contributed by atoms with Crippen molar-refractivity contribution < 1.29 is 39.9 Å². The van der Waals surface area contributed by atoms with Crippen molar-refractivity contribution in [2.75, 3.05) is 0 Å². The Kier molecular flexibility index (Phi) is 11.1. The van der Waals surface area contributed by atoms with E-state index in [-0.39, 0.29) is 40.0 Å². The summed E-state index contributed by atoms with van der Waals surface area (Å²) >= 11 is 8.17. The first-order chi connectivity index (χ1) is 13.5. The molecule has 3 aromatic rings. The number of aliphatic imine (C=N–C) groups is 1. The number of hydrogen-bond acceptors (Lipinski definition) is 3. The number of benzene rings is 3. The van der Waals surface area contributed by atoms with Crippen LogP contribution in [-0.2, 0) is 0 Å². The molecule has 28 heavy (non-hydrogen) atoms. The first kappa shape index (κ1) is 23.9. The van der Waals surface area contributed by atoms with Crippen LogP contribution < -0.4 is 0 Å². The van der Waals surface area contributed by atoms with Gasteiger partial charge in [0.25, 0.3) is 0 Å². The largest absolute Gasteiger partial charge is 0.204 e. The number of isothiocyanates is 1. The fourth-order valence-electron chi connectivity index (χ4n) is 2.49. The summed E-state index contributed by atoms with van der Waals surface area (Å²) < 4.78 is 34.3. The summed E-state index contributed by atoms with van der Waals surface area (Å²) in [5.74, 6) is -1.52. The molecule has 0 saturated heterocycles. The Morgan fingerprint density at radius 1 is 0.964 bits per heavy atom. The van der Waals surface area contributed by atoms with Gasteiger partial charge in [0, 0.05) is 31.1 Å². The zero-order valence-electron chi connectivity index (χ0n) is 15.8. The third kappa shape index (κ3) is 7.12. The van der Waals surface area contributed by atoms with Crippen molar-refractivity contribution in [1.29, 1.82) is 1.28 Å². The molecule has 3 rings (SSSR count). The molecule has 0 aliphatic rings. The number of thiocarbonyl (C=S) groups is 1. The molecule has 0 heterocycles. The zero-order chi connectivity index (χ0) is 20.5. The van der Waals surface area contributed by atoms with Crippen molar-refractivity contribution in [2.24, 2.45) is 4.99 Å². The summed E-state index contributed by atoms with van der Waals surface area (Å²) in [5.41, 5.74) is 4.09. The standard InChI is InChI=1S/C20H13F2NS.H4P2S.U/c1-13-2-4-14(5-3-13)15-6-8-16(9-7-15)17-10-18(21)20(23-12-24)19(22)11-17;1-2-3;/h2-11H,1H3;2-3H,1H2;/i;1T;. The van der Waals surface area contributed by atoms with Crippen LogP contribution in [0.3, 0.4) is 0 Å². The topological polar surface area (TPSA) is 12.4 Å². The molecule has 0 aliphatic heterocycles. The predicted molar refractivity (Wildman–Crippen MR) is 124 cm³/mol. The van der Waals surface area contributed by atoms with Crippen LogP contribution in [0.25, 0.3) is 22.3 Å². The number of nitrogens with zero attached hydrogens (tertiary/aromatic N) is 1. The van der Waals surface area contributed by atoms with E-state index in [9.17, 15) is 8.78 Å². The monoisotopic (exact) mass is 675 g/mol. The first-order valence-corrected chi connectivity index (χ1v) is 12.0. The molecule has 0 aliphatic carbocycles. The molecule has 0 N–H and O–H groups in total. The molecule has 0 bridgehead atoms. The molecule has 1 nitrogen and oxygen atoms in total. The van der Waals surface area contributed by atoms with Crippen LogP contribution in [0.5, 0.6) is 0 Å². The SMILES string of the molecule is Cc1ccc(-c2ccc(-c3cc(F)c(N=C=S)c(F)c3)cc2)cc1.[3H]PPS.[U]. The minimum absolute atomic E-state index is 0. The number of thiol groups is 1. The van der Waals surface area contributed by atoms with E-state index in [4.69, 9.17) is 1.28 Å². The molecular weight excluding hydrogens is 656 g/mol. The summed E-state index contributed by atoms with van der Waals surface area (Å²) in [5, 5.41) is 1.98. The van der Waals surface area contributed by atoms with E-state index in [1.165, 1.54) is 17.7 Å². The maximum atomic E-state index is 13.9. The molecular formula is C20H17F2NP2S2U. The molecule has 0 fully saturated rings. The Bertz CT molecular complexity index is 958. The number of rotatable bonds is 4. The van der Waals surface area contributed by atoms with Crippen LogP contribution in [0, 0.1) is 49.7 Å². The molecule has 0 spiro atoms. The number of halogens is 2. The molecule has 0 radical (unpaired) electrons. The Balaban J connectivity index is 0.000000771. The van der Waals surface area contributed by atoms with Crippen LogP contribution in [0.4, 0.5) is 14.5 Å². The second-order valence-corrected chi connectivity index (χ2v) is 8.64. The third-order valence-corrected chi connectivity index (χ3v) is 3.87. The van der Waals surface area contributed by atoms with Crippen molar-refractivity contribution in [3.8, 4) is 22.3 Å². The zero-order valence-corrected chi connectivity index (χ0v) is 22.7. The number of hydrogen-bond donors (Lipinski definition) is 1. The third-order valence-electron chi connectivity index (χ3n) is 3.78. The van der Waals surface area contributed by atoms with Gasteiger partial charge in [0.2, 0.25) is 0 Å². The van der Waals surface area contributed by atoms with Gasteiger partial charge in [-0.1, -0.05) is 54.1 Å². The van der Waals surface area contributed by atoms with Crippen molar-refractivity contribution in [2.45, 2.75) is 6.92 Å². The van der Waals surface area contributed by atoms with E-state index in [0.717, 1.165) is 16.7 Å². The maximum Gasteiger partial charge on any atom is 0.153 e. The van der Waals surface area contributed by atoms with Crippen molar-refractivity contribution >= 4 is 51.7 Å². The van der Waals surface area contributed by atoms with E-state index >= 15 is 0 Å². The molecule has 2 unspecified atom stereocenters.